The van der Waals surface area contributed by atoms with Gasteiger partial charge in [0, 0.05) is 19.2 Å². The molecule has 0 atom stereocenters. The van der Waals surface area contributed by atoms with Crippen molar-refractivity contribution in [1.29, 1.82) is 0 Å². The van der Waals surface area contributed by atoms with E-state index in [9.17, 15) is 4.79 Å². The molecule has 1 rings (SSSR count). The summed E-state index contributed by atoms with van der Waals surface area (Å²) in [7, 11) is 0. The molecule has 0 fully saturated rings. The molecule has 0 heterocycles. The Morgan fingerprint density at radius 1 is 1.26 bits per heavy atom. The maximum Gasteiger partial charge on any atom is 0.255 e. The summed E-state index contributed by atoms with van der Waals surface area (Å²) in [6.07, 6.45) is 0.534. The van der Waals surface area contributed by atoms with E-state index in [4.69, 9.17) is 14.6 Å². The minimum atomic E-state index is -0.208. The van der Waals surface area contributed by atoms with Crippen molar-refractivity contribution in [1.82, 2.24) is 5.32 Å². The zero-order valence-corrected chi connectivity index (χ0v) is 11.4. The molecule has 0 radical (unpaired) electrons. The van der Waals surface area contributed by atoms with Crippen molar-refractivity contribution in [2.24, 2.45) is 0 Å². The molecule has 0 aromatic heterocycles. The quantitative estimate of drug-likeness (QED) is 0.702. The second kappa shape index (κ2) is 8.37. The van der Waals surface area contributed by atoms with Crippen molar-refractivity contribution in [3.63, 3.8) is 0 Å². The SMILES string of the molecule is CCOc1ccc(C(=O)NCCCO)c(OCC)c1. The third kappa shape index (κ3) is 4.79. The number of hydrogen-bond acceptors (Lipinski definition) is 4. The van der Waals surface area contributed by atoms with E-state index in [0.717, 1.165) is 0 Å². The molecule has 0 saturated carbocycles. The highest BCUT2D eigenvalue weighted by molar-refractivity contribution is 5.97. The lowest BCUT2D eigenvalue weighted by atomic mass is 10.1. The number of amides is 1. The summed E-state index contributed by atoms with van der Waals surface area (Å²) in [5.41, 5.74) is 0.475. The number of ether oxygens (including phenoxy) is 2. The lowest BCUT2D eigenvalue weighted by Crippen LogP contribution is -2.25. The Morgan fingerprint density at radius 3 is 2.63 bits per heavy atom. The van der Waals surface area contributed by atoms with Gasteiger partial charge in [-0.1, -0.05) is 0 Å². The molecule has 2 N–H and O–H groups in total. The van der Waals surface area contributed by atoms with E-state index in [1.165, 1.54) is 0 Å². The number of rotatable bonds is 8. The van der Waals surface area contributed by atoms with E-state index in [2.05, 4.69) is 5.32 Å². The van der Waals surface area contributed by atoms with Gasteiger partial charge in [-0.25, -0.2) is 0 Å². The van der Waals surface area contributed by atoms with Crippen molar-refractivity contribution in [3.05, 3.63) is 23.8 Å². The monoisotopic (exact) mass is 267 g/mol. The van der Waals surface area contributed by atoms with Crippen LogP contribution in [-0.4, -0.2) is 37.4 Å². The van der Waals surface area contributed by atoms with Crippen molar-refractivity contribution in [2.45, 2.75) is 20.3 Å². The molecule has 0 aliphatic rings. The highest BCUT2D eigenvalue weighted by atomic mass is 16.5. The number of aliphatic hydroxyl groups is 1. The minimum absolute atomic E-state index is 0.0574. The highest BCUT2D eigenvalue weighted by Crippen LogP contribution is 2.25. The third-order valence-corrected chi connectivity index (χ3v) is 2.43. The van der Waals surface area contributed by atoms with Crippen molar-refractivity contribution in [3.8, 4) is 11.5 Å². The summed E-state index contributed by atoms with van der Waals surface area (Å²) in [5, 5.41) is 11.4. The van der Waals surface area contributed by atoms with Crippen LogP contribution in [0.15, 0.2) is 18.2 Å². The van der Waals surface area contributed by atoms with Gasteiger partial charge in [0.25, 0.3) is 5.91 Å². The standard InChI is InChI=1S/C14H21NO4/c1-3-18-11-6-7-12(13(10-11)19-4-2)14(17)15-8-5-9-16/h6-7,10,16H,3-5,8-9H2,1-2H3,(H,15,17). The number of carbonyl (C=O) groups excluding carboxylic acids is 1. The molecule has 5 nitrogen and oxygen atoms in total. The number of aliphatic hydroxyl groups excluding tert-OH is 1. The predicted molar refractivity (Wildman–Crippen MR) is 72.8 cm³/mol. The summed E-state index contributed by atoms with van der Waals surface area (Å²) < 4.78 is 10.8. The molecule has 106 valence electrons. The minimum Gasteiger partial charge on any atom is -0.494 e. The van der Waals surface area contributed by atoms with Crippen LogP contribution in [-0.2, 0) is 0 Å². The van der Waals surface area contributed by atoms with E-state index < -0.39 is 0 Å². The first kappa shape index (κ1) is 15.3. The molecule has 0 unspecified atom stereocenters. The van der Waals surface area contributed by atoms with E-state index in [1.54, 1.807) is 18.2 Å². The average molecular weight is 267 g/mol. The fraction of sp³-hybridized carbons (Fsp3) is 0.500. The summed E-state index contributed by atoms with van der Waals surface area (Å²) in [4.78, 5) is 12.0. The lowest BCUT2D eigenvalue weighted by molar-refractivity contribution is 0.0947. The zero-order chi connectivity index (χ0) is 14.1. The molecule has 1 aromatic rings. The predicted octanol–water partition coefficient (Wildman–Crippen LogP) is 1.60. The lowest BCUT2D eigenvalue weighted by Gasteiger charge is -2.12. The molecular weight excluding hydrogens is 246 g/mol. The number of benzene rings is 1. The van der Waals surface area contributed by atoms with Gasteiger partial charge in [-0.15, -0.1) is 0 Å². The second-order valence-corrected chi connectivity index (χ2v) is 3.86. The van der Waals surface area contributed by atoms with Crippen molar-refractivity contribution >= 4 is 5.91 Å². The average Bonchev–Trinajstić information content (AvgIpc) is 2.40. The van der Waals surface area contributed by atoms with Crippen LogP contribution < -0.4 is 14.8 Å². The van der Waals surface area contributed by atoms with Crippen LogP contribution in [0.2, 0.25) is 0 Å². The molecule has 1 aromatic carbocycles. The second-order valence-electron chi connectivity index (χ2n) is 3.86. The molecule has 5 heteroatoms. The zero-order valence-electron chi connectivity index (χ0n) is 11.4. The van der Waals surface area contributed by atoms with Gasteiger partial charge in [-0.3, -0.25) is 4.79 Å². The van der Waals surface area contributed by atoms with Gasteiger partial charge in [0.15, 0.2) is 0 Å². The first-order valence-electron chi connectivity index (χ1n) is 6.51. The molecule has 1 amide bonds. The van der Waals surface area contributed by atoms with Gasteiger partial charge >= 0.3 is 0 Å². The normalized spacial score (nSPS) is 10.1. The molecule has 0 aliphatic heterocycles. The fourth-order valence-corrected chi connectivity index (χ4v) is 1.60. The van der Waals surface area contributed by atoms with Gasteiger partial charge in [0.2, 0.25) is 0 Å². The molecule has 0 aliphatic carbocycles. The first-order valence-corrected chi connectivity index (χ1v) is 6.51. The Labute approximate surface area is 113 Å². The van der Waals surface area contributed by atoms with Crippen LogP contribution in [0.3, 0.4) is 0 Å². The van der Waals surface area contributed by atoms with Crippen LogP contribution in [0, 0.1) is 0 Å². The number of carbonyl (C=O) groups is 1. The first-order chi connectivity index (χ1) is 9.22. The molecule has 0 bridgehead atoms. The van der Waals surface area contributed by atoms with E-state index in [-0.39, 0.29) is 12.5 Å². The van der Waals surface area contributed by atoms with Gasteiger partial charge in [0.05, 0.1) is 18.8 Å². The topological polar surface area (TPSA) is 67.8 Å². The molecule has 0 spiro atoms. The maximum absolute atomic E-state index is 12.0. The number of nitrogens with one attached hydrogen (secondary N) is 1. The van der Waals surface area contributed by atoms with Crippen LogP contribution in [0.1, 0.15) is 30.6 Å². The molecular formula is C14H21NO4. The Balaban J connectivity index is 2.82. The van der Waals surface area contributed by atoms with Crippen molar-refractivity contribution in [2.75, 3.05) is 26.4 Å². The Kier molecular flexibility index (Phi) is 6.74. The van der Waals surface area contributed by atoms with Crippen LogP contribution in [0.4, 0.5) is 0 Å². The van der Waals surface area contributed by atoms with Crippen LogP contribution in [0.25, 0.3) is 0 Å². The summed E-state index contributed by atoms with van der Waals surface area (Å²) >= 11 is 0. The Bertz CT molecular complexity index is 406. The Morgan fingerprint density at radius 2 is 2.00 bits per heavy atom. The van der Waals surface area contributed by atoms with Crippen LogP contribution in [0.5, 0.6) is 11.5 Å². The fourth-order valence-electron chi connectivity index (χ4n) is 1.60. The summed E-state index contributed by atoms with van der Waals surface area (Å²) in [6.45, 7) is 5.30. The summed E-state index contributed by atoms with van der Waals surface area (Å²) in [5.74, 6) is 0.979. The maximum atomic E-state index is 12.0. The van der Waals surface area contributed by atoms with Gasteiger partial charge < -0.3 is 19.9 Å². The Hall–Kier alpha value is -1.75. The molecule has 0 saturated heterocycles. The van der Waals surface area contributed by atoms with Gasteiger partial charge in [-0.05, 0) is 32.4 Å². The smallest absolute Gasteiger partial charge is 0.255 e. The van der Waals surface area contributed by atoms with E-state index in [0.29, 0.717) is 43.2 Å². The van der Waals surface area contributed by atoms with Crippen molar-refractivity contribution < 1.29 is 19.4 Å². The van der Waals surface area contributed by atoms with Crippen LogP contribution >= 0.6 is 0 Å². The highest BCUT2D eigenvalue weighted by Gasteiger charge is 2.13. The van der Waals surface area contributed by atoms with E-state index in [1.807, 2.05) is 13.8 Å². The molecule has 19 heavy (non-hydrogen) atoms. The van der Waals surface area contributed by atoms with E-state index >= 15 is 0 Å². The summed E-state index contributed by atoms with van der Waals surface area (Å²) in [6, 6.07) is 5.14. The third-order valence-electron chi connectivity index (χ3n) is 2.43. The van der Waals surface area contributed by atoms with Gasteiger partial charge in [0.1, 0.15) is 11.5 Å². The number of hydrogen-bond donors (Lipinski definition) is 2. The largest absolute Gasteiger partial charge is 0.494 e. The van der Waals surface area contributed by atoms with Gasteiger partial charge in [-0.2, -0.15) is 0 Å².